The number of hydrogen-bond donors (Lipinski definition) is 3. The van der Waals surface area contributed by atoms with Crippen LogP contribution >= 0.6 is 0 Å². The molecule has 2 amide bonds. The Balaban J connectivity index is 1.25. The summed E-state index contributed by atoms with van der Waals surface area (Å²) in [5, 5.41) is 5.44. The van der Waals surface area contributed by atoms with Gasteiger partial charge in [-0.05, 0) is 56.1 Å². The zero-order valence-corrected chi connectivity index (χ0v) is 14.1. The van der Waals surface area contributed by atoms with Gasteiger partial charge in [-0.15, -0.1) is 0 Å². The Hall–Kier alpha value is -1.92. The molecule has 7 heteroatoms. The van der Waals surface area contributed by atoms with E-state index in [1.54, 1.807) is 0 Å². The van der Waals surface area contributed by atoms with Gasteiger partial charge in [0.2, 0.25) is 0 Å². The molecule has 1 aromatic heterocycles. The number of H-pyrrole nitrogens is 1. The maximum Gasteiger partial charge on any atom is 0.315 e. The number of rotatable bonds is 4. The smallest absolute Gasteiger partial charge is 0.315 e. The largest absolute Gasteiger partial charge is 0.338 e. The van der Waals surface area contributed by atoms with E-state index in [-0.39, 0.29) is 30.5 Å². The van der Waals surface area contributed by atoms with Gasteiger partial charge in [0.15, 0.2) is 0 Å². The Morgan fingerprint density at radius 3 is 2.84 bits per heavy atom. The average Bonchev–Trinajstić information content (AvgIpc) is 2.94. The highest BCUT2D eigenvalue weighted by Crippen LogP contribution is 2.69. The third kappa shape index (κ3) is 3.04. The van der Waals surface area contributed by atoms with Gasteiger partial charge in [0.25, 0.3) is 11.5 Å². The lowest BCUT2D eigenvalue weighted by Gasteiger charge is -2.13. The highest BCUT2D eigenvalue weighted by Gasteiger charge is 2.72. The van der Waals surface area contributed by atoms with E-state index in [9.17, 15) is 18.4 Å². The molecule has 2 unspecified atom stereocenters. The minimum absolute atomic E-state index is 0.00377. The van der Waals surface area contributed by atoms with Crippen molar-refractivity contribution in [3.05, 3.63) is 33.2 Å². The molecule has 1 spiro atoms. The Bertz CT molecular complexity index is 761. The SMILES string of the molecule is O=C(NCc1cc2c([nH]c1=O)CCC2)NCC1CCC2(C1)CC2(F)F. The van der Waals surface area contributed by atoms with Crippen molar-refractivity contribution >= 4 is 6.03 Å². The second kappa shape index (κ2) is 5.81. The van der Waals surface area contributed by atoms with Crippen LogP contribution in [0.2, 0.25) is 0 Å². The molecule has 5 nitrogen and oxygen atoms in total. The zero-order chi connectivity index (χ0) is 17.7. The zero-order valence-electron chi connectivity index (χ0n) is 14.1. The van der Waals surface area contributed by atoms with E-state index < -0.39 is 11.3 Å². The molecule has 136 valence electrons. The molecule has 2 saturated carbocycles. The third-order valence-electron chi connectivity index (χ3n) is 6.08. The number of pyridine rings is 1. The predicted octanol–water partition coefficient (Wildman–Crippen LogP) is 2.49. The van der Waals surface area contributed by atoms with Crippen molar-refractivity contribution in [2.75, 3.05) is 6.54 Å². The summed E-state index contributed by atoms with van der Waals surface area (Å²) in [4.78, 5) is 26.8. The van der Waals surface area contributed by atoms with Crippen molar-refractivity contribution in [1.29, 1.82) is 0 Å². The Morgan fingerprint density at radius 2 is 2.12 bits per heavy atom. The first kappa shape index (κ1) is 16.5. The number of urea groups is 1. The number of hydrogen-bond acceptors (Lipinski definition) is 2. The van der Waals surface area contributed by atoms with E-state index >= 15 is 0 Å². The highest BCUT2D eigenvalue weighted by atomic mass is 19.3. The van der Waals surface area contributed by atoms with Gasteiger partial charge in [-0.3, -0.25) is 4.79 Å². The van der Waals surface area contributed by atoms with Crippen LogP contribution in [0.4, 0.5) is 13.6 Å². The van der Waals surface area contributed by atoms with Gasteiger partial charge >= 0.3 is 6.03 Å². The van der Waals surface area contributed by atoms with Crippen LogP contribution in [0.15, 0.2) is 10.9 Å². The Morgan fingerprint density at radius 1 is 1.32 bits per heavy atom. The van der Waals surface area contributed by atoms with Crippen LogP contribution in [-0.2, 0) is 19.4 Å². The number of carbonyl (C=O) groups is 1. The number of halogens is 2. The van der Waals surface area contributed by atoms with Gasteiger partial charge in [-0.1, -0.05) is 0 Å². The molecule has 0 aliphatic heterocycles. The van der Waals surface area contributed by atoms with Crippen molar-refractivity contribution in [2.24, 2.45) is 11.3 Å². The quantitative estimate of drug-likeness (QED) is 0.780. The second-order valence-corrected chi connectivity index (χ2v) is 7.82. The van der Waals surface area contributed by atoms with Gasteiger partial charge < -0.3 is 15.6 Å². The number of fused-ring (bicyclic) bond motifs is 1. The fourth-order valence-corrected chi connectivity index (χ4v) is 4.45. The van der Waals surface area contributed by atoms with Crippen LogP contribution in [0.3, 0.4) is 0 Å². The topological polar surface area (TPSA) is 74.0 Å². The van der Waals surface area contributed by atoms with Gasteiger partial charge in [0, 0.05) is 36.2 Å². The minimum atomic E-state index is -2.50. The molecule has 3 aliphatic carbocycles. The lowest BCUT2D eigenvalue weighted by molar-refractivity contribution is 0.0645. The fraction of sp³-hybridized carbons (Fsp3) is 0.667. The molecule has 4 rings (SSSR count). The van der Waals surface area contributed by atoms with E-state index in [1.807, 2.05) is 6.07 Å². The molecule has 2 atom stereocenters. The highest BCUT2D eigenvalue weighted by molar-refractivity contribution is 5.73. The van der Waals surface area contributed by atoms with Crippen molar-refractivity contribution in [2.45, 2.75) is 57.4 Å². The number of aromatic amines is 1. The number of carbonyl (C=O) groups excluding carboxylic acids is 1. The molecule has 0 bridgehead atoms. The van der Waals surface area contributed by atoms with Crippen LogP contribution in [0.5, 0.6) is 0 Å². The molecule has 3 N–H and O–H groups in total. The first-order valence-electron chi connectivity index (χ1n) is 9.02. The minimum Gasteiger partial charge on any atom is -0.338 e. The summed E-state index contributed by atoms with van der Waals surface area (Å²) in [6.07, 6.45) is 4.69. The molecule has 0 radical (unpaired) electrons. The number of aryl methyl sites for hydroxylation is 2. The standard InChI is InChI=1S/C18H23F2N3O2/c19-18(20)10-17(18)5-4-11(7-17)8-21-16(25)22-9-13-6-12-2-1-3-14(12)23-15(13)24/h6,11H,1-5,7-10H2,(H,23,24)(H2,21,22,25). The van der Waals surface area contributed by atoms with Gasteiger partial charge in [0.05, 0.1) is 0 Å². The van der Waals surface area contributed by atoms with Crippen molar-refractivity contribution in [3.8, 4) is 0 Å². The van der Waals surface area contributed by atoms with E-state index in [4.69, 9.17) is 0 Å². The van der Waals surface area contributed by atoms with Crippen LogP contribution in [0.25, 0.3) is 0 Å². The number of amides is 2. The molecular weight excluding hydrogens is 328 g/mol. The van der Waals surface area contributed by atoms with Crippen LogP contribution in [0, 0.1) is 11.3 Å². The summed E-state index contributed by atoms with van der Waals surface area (Å²) in [6.45, 7) is 0.575. The van der Waals surface area contributed by atoms with Crippen molar-refractivity contribution < 1.29 is 13.6 Å². The summed E-state index contributed by atoms with van der Waals surface area (Å²) in [6, 6.07) is 1.51. The maximum absolute atomic E-state index is 13.4. The number of aromatic nitrogens is 1. The fourth-order valence-electron chi connectivity index (χ4n) is 4.45. The third-order valence-corrected chi connectivity index (χ3v) is 6.08. The molecule has 1 aromatic rings. The van der Waals surface area contributed by atoms with Gasteiger partial charge in [-0.2, -0.15) is 0 Å². The summed E-state index contributed by atoms with van der Waals surface area (Å²) in [5.74, 6) is -2.39. The number of alkyl halides is 2. The Labute approximate surface area is 144 Å². The lowest BCUT2D eigenvalue weighted by Crippen LogP contribution is -2.38. The predicted molar refractivity (Wildman–Crippen MR) is 88.7 cm³/mol. The Kier molecular flexibility index (Phi) is 3.85. The molecule has 0 aromatic carbocycles. The van der Waals surface area contributed by atoms with E-state index in [1.165, 1.54) is 0 Å². The van der Waals surface area contributed by atoms with Crippen LogP contribution in [-0.4, -0.2) is 23.5 Å². The van der Waals surface area contributed by atoms with Crippen LogP contribution < -0.4 is 16.2 Å². The summed E-state index contributed by atoms with van der Waals surface area (Å²) in [5.41, 5.74) is 1.76. The van der Waals surface area contributed by atoms with Crippen molar-refractivity contribution in [3.63, 3.8) is 0 Å². The van der Waals surface area contributed by atoms with Gasteiger partial charge in [0.1, 0.15) is 0 Å². The lowest BCUT2D eigenvalue weighted by atomic mass is 10.0. The molecular formula is C18H23F2N3O2. The van der Waals surface area contributed by atoms with Crippen LogP contribution in [0.1, 0.15) is 48.9 Å². The maximum atomic E-state index is 13.4. The molecule has 1 heterocycles. The molecule has 3 aliphatic rings. The van der Waals surface area contributed by atoms with E-state index in [0.717, 1.165) is 36.9 Å². The first-order chi connectivity index (χ1) is 11.9. The van der Waals surface area contributed by atoms with E-state index in [0.29, 0.717) is 24.9 Å². The first-order valence-corrected chi connectivity index (χ1v) is 9.02. The average molecular weight is 351 g/mol. The van der Waals surface area contributed by atoms with Gasteiger partial charge in [-0.25, -0.2) is 13.6 Å². The summed E-state index contributed by atoms with van der Waals surface area (Å²) in [7, 11) is 0. The molecule has 2 fully saturated rings. The molecule has 0 saturated heterocycles. The van der Waals surface area contributed by atoms with Crippen molar-refractivity contribution in [1.82, 2.24) is 15.6 Å². The number of nitrogens with one attached hydrogen (secondary N) is 3. The second-order valence-electron chi connectivity index (χ2n) is 7.82. The summed E-state index contributed by atoms with van der Waals surface area (Å²) < 4.78 is 26.7. The summed E-state index contributed by atoms with van der Waals surface area (Å²) >= 11 is 0. The normalized spacial score (nSPS) is 28.8. The van der Waals surface area contributed by atoms with E-state index in [2.05, 4.69) is 15.6 Å². The molecule has 25 heavy (non-hydrogen) atoms. The monoisotopic (exact) mass is 351 g/mol.